The van der Waals surface area contributed by atoms with Crippen molar-refractivity contribution >= 4 is 46.8 Å². The van der Waals surface area contributed by atoms with E-state index in [-0.39, 0.29) is 17.7 Å². The average molecular weight is 453 g/mol. The lowest BCUT2D eigenvalue weighted by molar-refractivity contribution is -0.117. The van der Waals surface area contributed by atoms with Gasteiger partial charge in [-0.3, -0.25) is 10.1 Å². The minimum Gasteiger partial charge on any atom is -0.497 e. The number of ether oxygens (including phenoxy) is 1. The fraction of sp³-hybridized carbons (Fsp3) is 0.474. The Labute approximate surface area is 182 Å². The SMILES string of the molecule is COc1ccc(CSc2nnc(SCC(=O)NC(=O)NC3CCCCC3)s2)cc1. The smallest absolute Gasteiger partial charge is 0.321 e. The number of rotatable bonds is 8. The van der Waals surface area contributed by atoms with Crippen LogP contribution in [0.2, 0.25) is 0 Å². The van der Waals surface area contributed by atoms with Crippen LogP contribution in [-0.4, -0.2) is 41.0 Å². The van der Waals surface area contributed by atoms with Crippen molar-refractivity contribution in [3.8, 4) is 5.75 Å². The van der Waals surface area contributed by atoms with E-state index >= 15 is 0 Å². The van der Waals surface area contributed by atoms with Gasteiger partial charge in [-0.25, -0.2) is 4.79 Å². The molecule has 1 saturated carbocycles. The summed E-state index contributed by atoms with van der Waals surface area (Å²) in [5.41, 5.74) is 1.17. The molecule has 1 aliphatic carbocycles. The highest BCUT2D eigenvalue weighted by molar-refractivity contribution is 8.03. The number of hydrogen-bond donors (Lipinski definition) is 2. The Hall–Kier alpha value is -1.78. The molecule has 1 aromatic carbocycles. The second kappa shape index (κ2) is 11.4. The number of methoxy groups -OCH3 is 1. The summed E-state index contributed by atoms with van der Waals surface area (Å²) in [7, 11) is 1.65. The summed E-state index contributed by atoms with van der Waals surface area (Å²) >= 11 is 4.33. The third kappa shape index (κ3) is 7.52. The summed E-state index contributed by atoms with van der Waals surface area (Å²) in [6.45, 7) is 0. The Kier molecular flexibility index (Phi) is 8.63. The number of nitrogens with one attached hydrogen (secondary N) is 2. The first-order valence-electron chi connectivity index (χ1n) is 9.45. The molecular formula is C19H24N4O3S3. The van der Waals surface area contributed by atoms with E-state index in [0.29, 0.717) is 4.34 Å². The summed E-state index contributed by atoms with van der Waals surface area (Å²) in [4.78, 5) is 23.9. The first-order chi connectivity index (χ1) is 14.1. The van der Waals surface area contributed by atoms with Crippen LogP contribution in [0.4, 0.5) is 4.79 Å². The van der Waals surface area contributed by atoms with Crippen molar-refractivity contribution in [2.24, 2.45) is 0 Å². The number of amides is 3. The zero-order chi connectivity index (χ0) is 20.5. The number of aromatic nitrogens is 2. The van der Waals surface area contributed by atoms with Gasteiger partial charge in [-0.15, -0.1) is 10.2 Å². The molecule has 1 heterocycles. The molecule has 10 heteroatoms. The van der Waals surface area contributed by atoms with Gasteiger partial charge in [0.25, 0.3) is 0 Å². The second-order valence-corrected chi connectivity index (χ2v) is 10.0. The highest BCUT2D eigenvalue weighted by Gasteiger charge is 2.17. The Morgan fingerprint density at radius 3 is 2.48 bits per heavy atom. The summed E-state index contributed by atoms with van der Waals surface area (Å²) < 4.78 is 6.71. The van der Waals surface area contributed by atoms with Gasteiger partial charge in [-0.05, 0) is 30.5 Å². The monoisotopic (exact) mass is 452 g/mol. The van der Waals surface area contributed by atoms with Crippen molar-refractivity contribution in [2.75, 3.05) is 12.9 Å². The van der Waals surface area contributed by atoms with E-state index in [4.69, 9.17) is 4.74 Å². The predicted molar refractivity (Wildman–Crippen MR) is 117 cm³/mol. The Morgan fingerprint density at radius 2 is 1.79 bits per heavy atom. The van der Waals surface area contributed by atoms with Crippen LogP contribution in [0.3, 0.4) is 0 Å². The topological polar surface area (TPSA) is 93.2 Å². The normalized spacial score (nSPS) is 14.4. The van der Waals surface area contributed by atoms with E-state index in [2.05, 4.69) is 20.8 Å². The van der Waals surface area contributed by atoms with Crippen molar-refractivity contribution in [1.82, 2.24) is 20.8 Å². The molecule has 0 radical (unpaired) electrons. The lowest BCUT2D eigenvalue weighted by Gasteiger charge is -2.22. The summed E-state index contributed by atoms with van der Waals surface area (Å²) in [5.74, 6) is 1.42. The molecule has 0 unspecified atom stereocenters. The maximum atomic E-state index is 12.0. The molecule has 2 aromatic rings. The van der Waals surface area contributed by atoms with Crippen LogP contribution in [0.5, 0.6) is 5.75 Å². The first-order valence-corrected chi connectivity index (χ1v) is 12.2. The van der Waals surface area contributed by atoms with Crippen LogP contribution in [0.1, 0.15) is 37.7 Å². The predicted octanol–water partition coefficient (Wildman–Crippen LogP) is 4.09. The van der Waals surface area contributed by atoms with Crippen LogP contribution >= 0.6 is 34.9 Å². The van der Waals surface area contributed by atoms with E-state index in [1.807, 2.05) is 24.3 Å². The number of urea groups is 1. The highest BCUT2D eigenvalue weighted by atomic mass is 32.2. The van der Waals surface area contributed by atoms with Crippen molar-refractivity contribution in [1.29, 1.82) is 0 Å². The molecule has 0 spiro atoms. The minimum absolute atomic E-state index is 0.135. The van der Waals surface area contributed by atoms with Crippen molar-refractivity contribution in [2.45, 2.75) is 52.6 Å². The molecule has 0 saturated heterocycles. The van der Waals surface area contributed by atoms with E-state index < -0.39 is 6.03 Å². The van der Waals surface area contributed by atoms with E-state index in [0.717, 1.165) is 41.5 Å². The van der Waals surface area contributed by atoms with Crippen LogP contribution in [0.15, 0.2) is 32.9 Å². The standard InChI is InChI=1S/C19H24N4O3S3/c1-26-15-9-7-13(8-10-15)11-27-18-22-23-19(29-18)28-12-16(24)21-17(25)20-14-5-3-2-4-6-14/h7-10,14H,2-6,11-12H2,1H3,(H2,20,21,24,25). The van der Waals surface area contributed by atoms with Crippen LogP contribution < -0.4 is 15.4 Å². The van der Waals surface area contributed by atoms with Gasteiger partial charge in [0.15, 0.2) is 8.68 Å². The number of carbonyl (C=O) groups is 2. The molecule has 0 bridgehead atoms. The number of hydrogen-bond acceptors (Lipinski definition) is 8. The van der Waals surface area contributed by atoms with Gasteiger partial charge in [0.1, 0.15) is 5.75 Å². The van der Waals surface area contributed by atoms with Crippen LogP contribution in [0, 0.1) is 0 Å². The zero-order valence-corrected chi connectivity index (χ0v) is 18.6. The molecule has 29 heavy (non-hydrogen) atoms. The van der Waals surface area contributed by atoms with Gasteiger partial charge in [-0.2, -0.15) is 0 Å². The summed E-state index contributed by atoms with van der Waals surface area (Å²) in [6, 6.07) is 7.67. The van der Waals surface area contributed by atoms with Gasteiger partial charge in [0, 0.05) is 11.8 Å². The molecule has 3 rings (SSSR count). The lowest BCUT2D eigenvalue weighted by atomic mass is 9.96. The number of benzene rings is 1. The number of carbonyl (C=O) groups excluding carboxylic acids is 2. The molecule has 1 aromatic heterocycles. The van der Waals surface area contributed by atoms with E-state index in [1.165, 1.54) is 35.1 Å². The van der Waals surface area contributed by atoms with Gasteiger partial charge in [0.2, 0.25) is 5.91 Å². The van der Waals surface area contributed by atoms with Gasteiger partial charge in [0.05, 0.1) is 12.9 Å². The largest absolute Gasteiger partial charge is 0.497 e. The fourth-order valence-electron chi connectivity index (χ4n) is 2.94. The molecule has 1 aliphatic rings. The molecule has 0 aliphatic heterocycles. The molecule has 3 amide bonds. The van der Waals surface area contributed by atoms with Crippen molar-refractivity contribution < 1.29 is 14.3 Å². The number of imide groups is 1. The summed E-state index contributed by atoms with van der Waals surface area (Å²) in [5, 5.41) is 13.5. The molecule has 2 N–H and O–H groups in total. The average Bonchev–Trinajstić information content (AvgIpc) is 3.20. The lowest BCUT2D eigenvalue weighted by Crippen LogP contribution is -2.45. The van der Waals surface area contributed by atoms with Crippen molar-refractivity contribution in [3.05, 3.63) is 29.8 Å². The van der Waals surface area contributed by atoms with E-state index in [9.17, 15) is 9.59 Å². The second-order valence-electron chi connectivity index (χ2n) is 6.62. The Morgan fingerprint density at radius 1 is 1.10 bits per heavy atom. The number of thioether (sulfide) groups is 2. The maximum absolute atomic E-state index is 12.0. The number of nitrogens with zero attached hydrogens (tertiary/aromatic N) is 2. The first kappa shape index (κ1) is 21.9. The maximum Gasteiger partial charge on any atom is 0.321 e. The quantitative estimate of drug-likeness (QED) is 0.583. The molecular weight excluding hydrogens is 428 g/mol. The Bertz CT molecular complexity index is 807. The molecule has 156 valence electrons. The highest BCUT2D eigenvalue weighted by Crippen LogP contribution is 2.31. The van der Waals surface area contributed by atoms with Gasteiger partial charge >= 0.3 is 6.03 Å². The molecule has 0 atom stereocenters. The third-order valence-electron chi connectivity index (χ3n) is 4.43. The Balaban J connectivity index is 1.36. The van der Waals surface area contributed by atoms with Gasteiger partial charge < -0.3 is 10.1 Å². The van der Waals surface area contributed by atoms with Crippen LogP contribution in [0.25, 0.3) is 0 Å². The van der Waals surface area contributed by atoms with E-state index in [1.54, 1.807) is 18.9 Å². The van der Waals surface area contributed by atoms with Gasteiger partial charge in [-0.1, -0.05) is 66.3 Å². The zero-order valence-electron chi connectivity index (χ0n) is 16.2. The van der Waals surface area contributed by atoms with Crippen molar-refractivity contribution in [3.63, 3.8) is 0 Å². The summed E-state index contributed by atoms with van der Waals surface area (Å²) in [6.07, 6.45) is 5.45. The third-order valence-corrected chi connectivity index (χ3v) is 7.69. The van der Waals surface area contributed by atoms with Crippen LogP contribution in [-0.2, 0) is 10.5 Å². The molecule has 7 nitrogen and oxygen atoms in total. The molecule has 1 fully saturated rings. The minimum atomic E-state index is -0.407. The fourth-order valence-corrected chi connectivity index (χ4v) is 5.72.